The number of aromatic nitrogens is 1. The summed E-state index contributed by atoms with van der Waals surface area (Å²) in [6.07, 6.45) is 3.14. The fourth-order valence-electron chi connectivity index (χ4n) is 3.48. The topological polar surface area (TPSA) is 53.4 Å². The average molecular weight is 336 g/mol. The zero-order valence-corrected chi connectivity index (χ0v) is 13.5. The summed E-state index contributed by atoms with van der Waals surface area (Å²) in [5.74, 6) is -0.492. The number of likely N-dealkylation sites (tertiary alicyclic amines) is 1. The summed E-state index contributed by atoms with van der Waals surface area (Å²) in [5, 5.41) is 11.8. The maximum absolute atomic E-state index is 13.2. The van der Waals surface area contributed by atoms with Crippen molar-refractivity contribution in [3.05, 3.63) is 77.9 Å². The van der Waals surface area contributed by atoms with Crippen LogP contribution in [0.2, 0.25) is 0 Å². The van der Waals surface area contributed by atoms with Gasteiger partial charge in [0.15, 0.2) is 0 Å². The molecular formula is C20H17FN2O2. The molecule has 1 N–H and O–H groups in total. The van der Waals surface area contributed by atoms with E-state index in [1.807, 2.05) is 24.3 Å². The van der Waals surface area contributed by atoms with E-state index in [-0.39, 0.29) is 24.3 Å². The summed E-state index contributed by atoms with van der Waals surface area (Å²) in [4.78, 5) is 19.0. The van der Waals surface area contributed by atoms with Gasteiger partial charge in [0.1, 0.15) is 5.82 Å². The van der Waals surface area contributed by atoms with Crippen molar-refractivity contribution in [2.45, 2.75) is 18.6 Å². The van der Waals surface area contributed by atoms with E-state index in [1.54, 1.807) is 29.4 Å². The van der Waals surface area contributed by atoms with Gasteiger partial charge in [-0.25, -0.2) is 4.39 Å². The van der Waals surface area contributed by atoms with Crippen molar-refractivity contribution in [1.82, 2.24) is 9.88 Å². The van der Waals surface area contributed by atoms with Crippen LogP contribution in [0.1, 0.15) is 28.4 Å². The van der Waals surface area contributed by atoms with E-state index in [0.717, 1.165) is 16.3 Å². The predicted molar refractivity (Wildman–Crippen MR) is 92.5 cm³/mol. The molecule has 2 aromatic carbocycles. The van der Waals surface area contributed by atoms with E-state index in [0.29, 0.717) is 12.0 Å². The number of rotatable bonds is 2. The molecule has 126 valence electrons. The molecular weight excluding hydrogens is 319 g/mol. The molecule has 0 bridgehead atoms. The van der Waals surface area contributed by atoms with Crippen LogP contribution in [0.5, 0.6) is 0 Å². The van der Waals surface area contributed by atoms with E-state index in [9.17, 15) is 14.3 Å². The summed E-state index contributed by atoms with van der Waals surface area (Å²) in [7, 11) is 0. The minimum absolute atomic E-state index is 0.171. The minimum atomic E-state index is -0.595. The van der Waals surface area contributed by atoms with E-state index in [2.05, 4.69) is 4.98 Å². The van der Waals surface area contributed by atoms with E-state index < -0.39 is 6.10 Å². The van der Waals surface area contributed by atoms with Gasteiger partial charge in [0.25, 0.3) is 5.91 Å². The van der Waals surface area contributed by atoms with E-state index >= 15 is 0 Å². The summed E-state index contributed by atoms with van der Waals surface area (Å²) in [6, 6.07) is 13.4. The number of fused-ring (bicyclic) bond motifs is 1. The first-order valence-corrected chi connectivity index (χ1v) is 8.21. The molecule has 2 heterocycles. The molecule has 0 radical (unpaired) electrons. The number of aliphatic hydroxyl groups excluding tert-OH is 1. The number of benzene rings is 2. The molecule has 4 nitrogen and oxygen atoms in total. The summed E-state index contributed by atoms with van der Waals surface area (Å²) in [5.41, 5.74) is 1.33. The number of halogens is 1. The first-order valence-electron chi connectivity index (χ1n) is 8.21. The van der Waals surface area contributed by atoms with Crippen molar-refractivity contribution in [1.29, 1.82) is 0 Å². The van der Waals surface area contributed by atoms with Gasteiger partial charge in [-0.2, -0.15) is 0 Å². The highest BCUT2D eigenvalue weighted by Crippen LogP contribution is 2.34. The first kappa shape index (κ1) is 15.7. The standard InChI is InChI=1S/C20H17FN2O2/c21-15-7-5-13(6-8-15)19-9-16(24)12-23(19)20(25)18-11-22-10-14-3-1-2-4-17(14)18/h1-8,10-11,16,19,24H,9,12H2/t16-,19-/m0/s1. The lowest BCUT2D eigenvalue weighted by Gasteiger charge is -2.25. The number of aliphatic hydroxyl groups is 1. The maximum atomic E-state index is 13.2. The van der Waals surface area contributed by atoms with Gasteiger partial charge in [0, 0.05) is 24.3 Å². The van der Waals surface area contributed by atoms with Crippen LogP contribution in [0.25, 0.3) is 10.8 Å². The molecule has 1 aromatic heterocycles. The monoisotopic (exact) mass is 336 g/mol. The number of amides is 1. The summed E-state index contributed by atoms with van der Waals surface area (Å²) < 4.78 is 13.2. The third-order valence-electron chi connectivity index (χ3n) is 4.69. The van der Waals surface area contributed by atoms with E-state index in [4.69, 9.17) is 0 Å². The van der Waals surface area contributed by atoms with Crippen LogP contribution in [0, 0.1) is 5.82 Å². The maximum Gasteiger partial charge on any atom is 0.256 e. The third kappa shape index (κ3) is 2.87. The van der Waals surface area contributed by atoms with Gasteiger partial charge in [-0.1, -0.05) is 36.4 Å². The van der Waals surface area contributed by atoms with Crippen molar-refractivity contribution in [2.75, 3.05) is 6.54 Å². The predicted octanol–water partition coefficient (Wildman–Crippen LogP) is 3.32. The van der Waals surface area contributed by atoms with Gasteiger partial charge < -0.3 is 10.0 Å². The number of hydrogen-bond donors (Lipinski definition) is 1. The van der Waals surface area contributed by atoms with Crippen molar-refractivity contribution in [3.63, 3.8) is 0 Å². The second kappa shape index (κ2) is 6.26. The second-order valence-corrected chi connectivity index (χ2v) is 6.32. The average Bonchev–Trinajstić information content (AvgIpc) is 3.03. The fraction of sp³-hybridized carbons (Fsp3) is 0.200. The lowest BCUT2D eigenvalue weighted by atomic mass is 10.0. The number of β-amino-alcohol motifs (C(OH)–C–C–N with tert-alkyl or cyclic N) is 1. The van der Waals surface area contributed by atoms with Gasteiger partial charge in [-0.3, -0.25) is 9.78 Å². The zero-order valence-electron chi connectivity index (χ0n) is 13.5. The highest BCUT2D eigenvalue weighted by Gasteiger charge is 2.36. The van der Waals surface area contributed by atoms with Crippen LogP contribution < -0.4 is 0 Å². The molecule has 0 aliphatic carbocycles. The molecule has 1 saturated heterocycles. The van der Waals surface area contributed by atoms with Crippen molar-refractivity contribution in [2.24, 2.45) is 0 Å². The quantitative estimate of drug-likeness (QED) is 0.781. The van der Waals surface area contributed by atoms with Crippen LogP contribution in [-0.4, -0.2) is 33.5 Å². The van der Waals surface area contributed by atoms with Gasteiger partial charge in [-0.05, 0) is 29.5 Å². The van der Waals surface area contributed by atoms with Gasteiger partial charge >= 0.3 is 0 Å². The first-order chi connectivity index (χ1) is 12.1. The number of carbonyl (C=O) groups excluding carboxylic acids is 1. The Kier molecular flexibility index (Phi) is 3.93. The number of nitrogens with zero attached hydrogens (tertiary/aromatic N) is 2. The Morgan fingerprint density at radius 1 is 1.12 bits per heavy atom. The van der Waals surface area contributed by atoms with Crippen molar-refractivity contribution < 1.29 is 14.3 Å². The molecule has 2 atom stereocenters. The highest BCUT2D eigenvalue weighted by molar-refractivity contribution is 6.06. The lowest BCUT2D eigenvalue weighted by Crippen LogP contribution is -2.32. The Labute approximate surface area is 144 Å². The van der Waals surface area contributed by atoms with Crippen LogP contribution in [-0.2, 0) is 0 Å². The smallest absolute Gasteiger partial charge is 0.256 e. The molecule has 3 aromatic rings. The van der Waals surface area contributed by atoms with Gasteiger partial charge in [0.2, 0.25) is 0 Å². The summed E-state index contributed by atoms with van der Waals surface area (Å²) >= 11 is 0. The molecule has 1 aliphatic heterocycles. The van der Waals surface area contributed by atoms with Crippen LogP contribution >= 0.6 is 0 Å². The fourth-order valence-corrected chi connectivity index (χ4v) is 3.48. The Hall–Kier alpha value is -2.79. The summed E-state index contributed by atoms with van der Waals surface area (Å²) in [6.45, 7) is 0.254. The SMILES string of the molecule is O=C(c1cncc2ccccc12)N1C[C@@H](O)C[C@H]1c1ccc(F)cc1. The van der Waals surface area contributed by atoms with Crippen LogP contribution in [0.3, 0.4) is 0 Å². The van der Waals surface area contributed by atoms with Crippen molar-refractivity contribution in [3.8, 4) is 0 Å². The highest BCUT2D eigenvalue weighted by atomic mass is 19.1. The zero-order chi connectivity index (χ0) is 17.4. The Morgan fingerprint density at radius 3 is 2.68 bits per heavy atom. The molecule has 0 saturated carbocycles. The van der Waals surface area contributed by atoms with Crippen LogP contribution in [0.4, 0.5) is 4.39 Å². The Balaban J connectivity index is 1.73. The molecule has 1 aliphatic rings. The number of hydrogen-bond acceptors (Lipinski definition) is 3. The minimum Gasteiger partial charge on any atom is -0.391 e. The van der Waals surface area contributed by atoms with Gasteiger partial charge in [0.05, 0.1) is 17.7 Å². The van der Waals surface area contributed by atoms with Crippen LogP contribution in [0.15, 0.2) is 60.9 Å². The number of carbonyl (C=O) groups is 1. The molecule has 4 rings (SSSR count). The van der Waals surface area contributed by atoms with E-state index in [1.165, 1.54) is 12.1 Å². The van der Waals surface area contributed by atoms with Crippen molar-refractivity contribution >= 4 is 16.7 Å². The lowest BCUT2D eigenvalue weighted by molar-refractivity contribution is 0.0717. The Morgan fingerprint density at radius 2 is 1.88 bits per heavy atom. The molecule has 25 heavy (non-hydrogen) atoms. The third-order valence-corrected chi connectivity index (χ3v) is 4.69. The number of pyridine rings is 1. The molecule has 1 amide bonds. The normalized spacial score (nSPS) is 20.2. The Bertz CT molecular complexity index is 921. The molecule has 5 heteroatoms. The second-order valence-electron chi connectivity index (χ2n) is 6.32. The largest absolute Gasteiger partial charge is 0.391 e. The molecule has 1 fully saturated rings. The van der Waals surface area contributed by atoms with Gasteiger partial charge in [-0.15, -0.1) is 0 Å². The molecule has 0 unspecified atom stereocenters. The molecule has 0 spiro atoms.